The van der Waals surface area contributed by atoms with Crippen LogP contribution in [0.5, 0.6) is 0 Å². The maximum Gasteiger partial charge on any atom is 0.409 e. The van der Waals surface area contributed by atoms with Gasteiger partial charge in [0, 0.05) is 17.4 Å². The zero-order valence-electron chi connectivity index (χ0n) is 12.6. The fourth-order valence-electron chi connectivity index (χ4n) is 2.15. The van der Waals surface area contributed by atoms with Crippen molar-refractivity contribution in [2.75, 3.05) is 26.8 Å². The van der Waals surface area contributed by atoms with Gasteiger partial charge >= 0.3 is 12.1 Å². The van der Waals surface area contributed by atoms with Crippen molar-refractivity contribution in [3.63, 3.8) is 0 Å². The predicted molar refractivity (Wildman–Crippen MR) is 84.6 cm³/mol. The maximum absolute atomic E-state index is 12.1. The third-order valence-electron chi connectivity index (χ3n) is 3.40. The number of nitrogens with one attached hydrogen (secondary N) is 1. The minimum Gasteiger partial charge on any atom is -0.467 e. The molecule has 0 spiro atoms. The summed E-state index contributed by atoms with van der Waals surface area (Å²) in [5.41, 5.74) is 0.619. The van der Waals surface area contributed by atoms with E-state index in [1.807, 2.05) is 0 Å². The first-order valence-corrected chi connectivity index (χ1v) is 7.85. The van der Waals surface area contributed by atoms with E-state index in [1.165, 1.54) is 12.0 Å². The molecule has 0 aliphatic carbocycles. The summed E-state index contributed by atoms with van der Waals surface area (Å²) in [6.45, 7) is 1.06. The molecule has 2 amide bonds. The van der Waals surface area contributed by atoms with E-state index in [9.17, 15) is 14.4 Å². The van der Waals surface area contributed by atoms with Gasteiger partial charge in [-0.25, -0.2) is 9.59 Å². The Bertz CT molecular complexity index is 590. The quantitative estimate of drug-likeness (QED) is 0.753. The highest BCUT2D eigenvalue weighted by molar-refractivity contribution is 9.10. The minimum atomic E-state index is -0.883. The average molecular weight is 385 g/mol. The van der Waals surface area contributed by atoms with Crippen molar-refractivity contribution in [2.24, 2.45) is 0 Å². The number of methoxy groups -OCH3 is 1. The van der Waals surface area contributed by atoms with Gasteiger partial charge in [-0.05, 0) is 17.7 Å². The van der Waals surface area contributed by atoms with Gasteiger partial charge in [-0.3, -0.25) is 4.79 Å². The number of halogens is 1. The summed E-state index contributed by atoms with van der Waals surface area (Å²) in [5, 5.41) is 2.63. The van der Waals surface area contributed by atoms with E-state index >= 15 is 0 Å². The number of rotatable bonds is 6. The van der Waals surface area contributed by atoms with Crippen LogP contribution >= 0.6 is 15.9 Å². The lowest BCUT2D eigenvalue weighted by Crippen LogP contribution is -2.37. The van der Waals surface area contributed by atoms with Gasteiger partial charge in [0.05, 0.1) is 13.7 Å². The Labute approximate surface area is 142 Å². The van der Waals surface area contributed by atoms with Gasteiger partial charge in [0.1, 0.15) is 6.61 Å². The fourth-order valence-corrected chi connectivity index (χ4v) is 2.41. The van der Waals surface area contributed by atoms with Crippen molar-refractivity contribution in [1.29, 1.82) is 0 Å². The molecule has 1 heterocycles. The Morgan fingerprint density at radius 1 is 1.39 bits per heavy atom. The highest BCUT2D eigenvalue weighted by Gasteiger charge is 2.25. The molecule has 1 aromatic rings. The van der Waals surface area contributed by atoms with Crippen LogP contribution in [0.4, 0.5) is 4.79 Å². The van der Waals surface area contributed by atoms with Crippen LogP contribution in [0, 0.1) is 0 Å². The molecule has 8 heteroatoms. The molecule has 0 bridgehead atoms. The van der Waals surface area contributed by atoms with Crippen molar-refractivity contribution >= 4 is 33.9 Å². The number of benzene rings is 1. The molecule has 1 fully saturated rings. The van der Waals surface area contributed by atoms with Gasteiger partial charge < -0.3 is 19.7 Å². The lowest BCUT2D eigenvalue weighted by atomic mass is 10.1. The zero-order valence-corrected chi connectivity index (χ0v) is 14.2. The third kappa shape index (κ3) is 4.69. The molecule has 0 aromatic heterocycles. The predicted octanol–water partition coefficient (Wildman–Crippen LogP) is 1.62. The summed E-state index contributed by atoms with van der Waals surface area (Å²) in [6.07, 6.45) is -0.339. The first-order chi connectivity index (χ1) is 11.0. The number of carbonyl (C=O) groups is 3. The molecule has 1 aliphatic heterocycles. The molecular weight excluding hydrogens is 368 g/mol. The van der Waals surface area contributed by atoms with E-state index in [-0.39, 0.29) is 18.9 Å². The molecule has 1 atom stereocenters. The van der Waals surface area contributed by atoms with Gasteiger partial charge in [-0.1, -0.05) is 28.1 Å². The number of nitrogens with zero attached hydrogens (tertiary/aromatic N) is 1. The lowest BCUT2D eigenvalue weighted by molar-refractivity contribution is -0.145. The number of ether oxygens (including phenoxy) is 2. The normalized spacial score (nSPS) is 15.0. The summed E-state index contributed by atoms with van der Waals surface area (Å²) in [4.78, 5) is 36.7. The van der Waals surface area contributed by atoms with Gasteiger partial charge in [-0.2, -0.15) is 0 Å². The monoisotopic (exact) mass is 384 g/mol. The largest absolute Gasteiger partial charge is 0.467 e. The van der Waals surface area contributed by atoms with Gasteiger partial charge in [0.25, 0.3) is 0 Å². The van der Waals surface area contributed by atoms with E-state index < -0.39 is 18.1 Å². The first kappa shape index (κ1) is 17.3. The van der Waals surface area contributed by atoms with Crippen LogP contribution in [-0.2, 0) is 19.1 Å². The molecule has 0 radical (unpaired) electrons. The van der Waals surface area contributed by atoms with Crippen LogP contribution in [0.3, 0.4) is 0 Å². The fraction of sp³-hybridized carbons (Fsp3) is 0.400. The van der Waals surface area contributed by atoms with Crippen LogP contribution < -0.4 is 5.32 Å². The van der Waals surface area contributed by atoms with Gasteiger partial charge in [0.2, 0.25) is 5.91 Å². The number of hydrogen-bond donors (Lipinski definition) is 1. The van der Waals surface area contributed by atoms with E-state index in [0.29, 0.717) is 18.7 Å². The van der Waals surface area contributed by atoms with Crippen LogP contribution in [0.2, 0.25) is 0 Å². The standard InChI is InChI=1S/C15H17BrN2O5/c1-22-14(20)13(10-2-4-11(16)5-3-10)17-12(19)6-7-18-8-9-23-15(18)21/h2-5,13H,6-9H2,1H3,(H,17,19). The Kier molecular flexibility index (Phi) is 5.97. The molecule has 1 saturated heterocycles. The van der Waals surface area contributed by atoms with Crippen molar-refractivity contribution < 1.29 is 23.9 Å². The van der Waals surface area contributed by atoms with Crippen molar-refractivity contribution in [2.45, 2.75) is 12.5 Å². The summed E-state index contributed by atoms with van der Waals surface area (Å²) in [5.74, 6) is -0.899. The van der Waals surface area contributed by atoms with Crippen LogP contribution in [0.25, 0.3) is 0 Å². The molecule has 124 valence electrons. The Hall–Kier alpha value is -2.09. The summed E-state index contributed by atoms with van der Waals surface area (Å²) in [6, 6.07) is 6.12. The summed E-state index contributed by atoms with van der Waals surface area (Å²) >= 11 is 3.31. The number of amides is 2. The Balaban J connectivity index is 1.97. The molecule has 1 N–H and O–H groups in total. The molecule has 23 heavy (non-hydrogen) atoms. The second-order valence-electron chi connectivity index (χ2n) is 4.93. The van der Waals surface area contributed by atoms with Gasteiger partial charge in [0.15, 0.2) is 6.04 Å². The topological polar surface area (TPSA) is 84.9 Å². The highest BCUT2D eigenvalue weighted by Crippen LogP contribution is 2.18. The second-order valence-corrected chi connectivity index (χ2v) is 5.84. The van der Waals surface area contributed by atoms with Crippen LogP contribution in [-0.4, -0.2) is 49.7 Å². The van der Waals surface area contributed by atoms with Crippen molar-refractivity contribution in [3.8, 4) is 0 Å². The summed E-state index contributed by atoms with van der Waals surface area (Å²) < 4.78 is 10.4. The van der Waals surface area contributed by atoms with E-state index in [2.05, 4.69) is 21.2 Å². The molecule has 1 unspecified atom stereocenters. The molecule has 0 saturated carbocycles. The number of carbonyl (C=O) groups excluding carboxylic acids is 3. The molecule has 1 aliphatic rings. The molecular formula is C15H17BrN2O5. The number of hydrogen-bond acceptors (Lipinski definition) is 5. The van der Waals surface area contributed by atoms with Crippen molar-refractivity contribution in [3.05, 3.63) is 34.3 Å². The van der Waals surface area contributed by atoms with E-state index in [0.717, 1.165) is 4.47 Å². The number of esters is 1. The van der Waals surface area contributed by atoms with E-state index in [1.54, 1.807) is 24.3 Å². The maximum atomic E-state index is 12.1. The second kappa shape index (κ2) is 7.96. The molecule has 2 rings (SSSR count). The smallest absolute Gasteiger partial charge is 0.409 e. The van der Waals surface area contributed by atoms with Gasteiger partial charge in [-0.15, -0.1) is 0 Å². The highest BCUT2D eigenvalue weighted by atomic mass is 79.9. The number of cyclic esters (lactones) is 1. The van der Waals surface area contributed by atoms with Crippen molar-refractivity contribution in [1.82, 2.24) is 10.2 Å². The Morgan fingerprint density at radius 3 is 2.65 bits per heavy atom. The zero-order chi connectivity index (χ0) is 16.8. The molecule has 1 aromatic carbocycles. The van der Waals surface area contributed by atoms with Crippen LogP contribution in [0.15, 0.2) is 28.7 Å². The lowest BCUT2D eigenvalue weighted by Gasteiger charge is -2.18. The summed E-state index contributed by atoms with van der Waals surface area (Å²) in [7, 11) is 1.26. The van der Waals surface area contributed by atoms with E-state index in [4.69, 9.17) is 9.47 Å². The SMILES string of the molecule is COC(=O)C(NC(=O)CCN1CCOC1=O)c1ccc(Br)cc1. The average Bonchev–Trinajstić information content (AvgIpc) is 2.96. The molecule has 7 nitrogen and oxygen atoms in total. The third-order valence-corrected chi connectivity index (χ3v) is 3.93. The Morgan fingerprint density at radius 2 is 2.09 bits per heavy atom. The minimum absolute atomic E-state index is 0.0825. The first-order valence-electron chi connectivity index (χ1n) is 7.05. The van der Waals surface area contributed by atoms with Crippen LogP contribution in [0.1, 0.15) is 18.0 Å².